The second kappa shape index (κ2) is 8.62. The topological polar surface area (TPSA) is 59.9 Å². The molecule has 28 heavy (non-hydrogen) atoms. The molecule has 3 aromatic rings. The Labute approximate surface area is 178 Å². The van der Waals surface area contributed by atoms with Crippen LogP contribution < -0.4 is 0 Å². The van der Waals surface area contributed by atoms with Crippen LogP contribution in [0.15, 0.2) is 73.6 Å². The van der Waals surface area contributed by atoms with Crippen molar-refractivity contribution >= 4 is 44.6 Å². The first-order chi connectivity index (χ1) is 13.3. The van der Waals surface area contributed by atoms with Crippen LogP contribution in [0.1, 0.15) is 27.3 Å². The van der Waals surface area contributed by atoms with Crippen molar-refractivity contribution in [3.05, 3.63) is 106 Å². The number of aromatic nitrogens is 2. The number of benzene rings is 1. The second-order valence-electron chi connectivity index (χ2n) is 5.96. The lowest BCUT2D eigenvalue weighted by Gasteiger charge is -2.24. The zero-order valence-electron chi connectivity index (χ0n) is 14.5. The molecule has 144 valence electrons. The van der Waals surface area contributed by atoms with E-state index in [0.29, 0.717) is 16.1 Å². The Balaban J connectivity index is 2.22. The highest BCUT2D eigenvalue weighted by Crippen LogP contribution is 2.41. The van der Waals surface area contributed by atoms with Gasteiger partial charge in [0.05, 0.1) is 10.7 Å². The molecule has 0 aliphatic carbocycles. The highest BCUT2D eigenvalue weighted by molar-refractivity contribution is 7.92. The van der Waals surface area contributed by atoms with Gasteiger partial charge >= 0.3 is 0 Å². The van der Waals surface area contributed by atoms with Gasteiger partial charge in [-0.05, 0) is 47.5 Å². The van der Waals surface area contributed by atoms with Gasteiger partial charge in [-0.3, -0.25) is 4.98 Å². The van der Waals surface area contributed by atoms with Gasteiger partial charge in [-0.2, -0.15) is 0 Å². The molecule has 0 amide bonds. The average Bonchev–Trinajstić information content (AvgIpc) is 2.67. The first-order valence-corrected chi connectivity index (χ1v) is 10.9. The molecule has 0 saturated carbocycles. The largest absolute Gasteiger partial charge is 0.265 e. The average molecular weight is 454 g/mol. The molecule has 0 bridgehead atoms. The predicted molar refractivity (Wildman–Crippen MR) is 114 cm³/mol. The van der Waals surface area contributed by atoms with E-state index in [9.17, 15) is 8.42 Å². The van der Waals surface area contributed by atoms with Crippen LogP contribution in [-0.4, -0.2) is 18.4 Å². The minimum absolute atomic E-state index is 0.148. The lowest BCUT2D eigenvalue weighted by atomic mass is 10.1. The van der Waals surface area contributed by atoms with Crippen LogP contribution in [0.25, 0.3) is 0 Å². The maximum absolute atomic E-state index is 13.7. The van der Waals surface area contributed by atoms with Crippen molar-refractivity contribution in [1.82, 2.24) is 9.97 Å². The number of rotatable bonds is 6. The van der Waals surface area contributed by atoms with Gasteiger partial charge in [0, 0.05) is 17.4 Å². The highest BCUT2D eigenvalue weighted by Gasteiger charge is 2.38. The third kappa shape index (κ3) is 4.23. The van der Waals surface area contributed by atoms with E-state index in [2.05, 4.69) is 16.5 Å². The van der Waals surface area contributed by atoms with Crippen LogP contribution >= 0.6 is 34.8 Å². The Kier molecular flexibility index (Phi) is 6.40. The summed E-state index contributed by atoms with van der Waals surface area (Å²) in [6.45, 7) is 3.73. The van der Waals surface area contributed by atoms with Gasteiger partial charge in [0.1, 0.15) is 15.7 Å². The van der Waals surface area contributed by atoms with Crippen LogP contribution in [0.5, 0.6) is 0 Å². The van der Waals surface area contributed by atoms with Gasteiger partial charge in [-0.25, -0.2) is 13.4 Å². The van der Waals surface area contributed by atoms with Gasteiger partial charge in [-0.15, -0.1) is 6.58 Å². The molecule has 0 fully saturated rings. The van der Waals surface area contributed by atoms with Gasteiger partial charge in [-0.1, -0.05) is 53.0 Å². The molecule has 3 rings (SSSR count). The molecule has 1 aromatic carbocycles. The Morgan fingerprint density at radius 1 is 0.893 bits per heavy atom. The van der Waals surface area contributed by atoms with Crippen molar-refractivity contribution in [3.63, 3.8) is 0 Å². The van der Waals surface area contributed by atoms with Gasteiger partial charge in [0.2, 0.25) is 0 Å². The van der Waals surface area contributed by atoms with Crippen molar-refractivity contribution in [2.75, 3.05) is 0 Å². The van der Waals surface area contributed by atoms with E-state index in [1.807, 2.05) is 0 Å². The van der Waals surface area contributed by atoms with E-state index in [1.165, 1.54) is 30.6 Å². The fourth-order valence-corrected chi connectivity index (χ4v) is 5.60. The molecule has 8 heteroatoms. The van der Waals surface area contributed by atoms with Gasteiger partial charge < -0.3 is 0 Å². The standard InChI is InChI=1S/C20H15Cl3N2O2S/c1-2-17(13-3-5-15(21)6-4-13)28(26,27)20(14-9-11-24-12-10-14)19-16(22)7-8-18(23)25-19/h2-12,17,20H,1H2. The van der Waals surface area contributed by atoms with Gasteiger partial charge in [0.25, 0.3) is 0 Å². The fraction of sp³-hybridized carbons (Fsp3) is 0.100. The summed E-state index contributed by atoms with van der Waals surface area (Å²) in [5, 5.41) is -1.29. The number of nitrogens with zero attached hydrogens (tertiary/aromatic N) is 2. The predicted octanol–water partition coefficient (Wildman–Crippen LogP) is 5.87. The first-order valence-electron chi connectivity index (χ1n) is 8.17. The smallest absolute Gasteiger partial charge is 0.173 e. The second-order valence-corrected chi connectivity index (χ2v) is 9.35. The summed E-state index contributed by atoms with van der Waals surface area (Å²) in [5.74, 6) is 0. The summed E-state index contributed by atoms with van der Waals surface area (Å²) in [6, 6.07) is 12.8. The third-order valence-corrected chi connectivity index (χ3v) is 7.30. The van der Waals surface area contributed by atoms with Crippen LogP contribution in [0, 0.1) is 0 Å². The lowest BCUT2D eigenvalue weighted by molar-refractivity contribution is 0.582. The molecule has 0 radical (unpaired) electrons. The SMILES string of the molecule is C=CC(c1ccc(Cl)cc1)S(=O)(=O)C(c1ccncc1)c1nc(Cl)ccc1Cl. The molecule has 2 heterocycles. The molecule has 0 aliphatic heterocycles. The number of hydrogen-bond donors (Lipinski definition) is 0. The van der Waals surface area contributed by atoms with Crippen molar-refractivity contribution in [3.8, 4) is 0 Å². The van der Waals surface area contributed by atoms with Crippen LogP contribution in [0.3, 0.4) is 0 Å². The van der Waals surface area contributed by atoms with E-state index < -0.39 is 20.3 Å². The first kappa shape index (κ1) is 20.8. The van der Waals surface area contributed by atoms with Crippen molar-refractivity contribution < 1.29 is 8.42 Å². The van der Waals surface area contributed by atoms with Crippen LogP contribution in [-0.2, 0) is 9.84 Å². The molecule has 0 N–H and O–H groups in total. The number of sulfone groups is 1. The number of pyridine rings is 2. The molecule has 2 aromatic heterocycles. The molecular weight excluding hydrogens is 439 g/mol. The zero-order chi connectivity index (χ0) is 20.3. The van der Waals surface area contributed by atoms with Crippen molar-refractivity contribution in [2.24, 2.45) is 0 Å². The summed E-state index contributed by atoms with van der Waals surface area (Å²) >= 11 is 18.3. The monoisotopic (exact) mass is 452 g/mol. The summed E-state index contributed by atoms with van der Waals surface area (Å²) in [5.41, 5.74) is 1.17. The normalized spacial score (nSPS) is 13.7. The summed E-state index contributed by atoms with van der Waals surface area (Å²) in [4.78, 5) is 8.19. The van der Waals surface area contributed by atoms with E-state index in [0.717, 1.165) is 0 Å². The zero-order valence-corrected chi connectivity index (χ0v) is 17.6. The summed E-state index contributed by atoms with van der Waals surface area (Å²) < 4.78 is 27.5. The Morgan fingerprint density at radius 2 is 1.54 bits per heavy atom. The van der Waals surface area contributed by atoms with E-state index in [4.69, 9.17) is 34.8 Å². The maximum Gasteiger partial charge on any atom is 0.173 e. The van der Waals surface area contributed by atoms with E-state index in [1.54, 1.807) is 36.4 Å². The molecule has 2 atom stereocenters. The summed E-state index contributed by atoms with van der Waals surface area (Å²) in [7, 11) is -3.92. The fourth-order valence-electron chi connectivity index (χ4n) is 2.92. The Bertz CT molecular complexity index is 1090. The molecule has 2 unspecified atom stereocenters. The van der Waals surface area contributed by atoms with Gasteiger partial charge in [0.15, 0.2) is 9.84 Å². The summed E-state index contributed by atoms with van der Waals surface area (Å²) in [6.07, 6.45) is 4.41. The lowest BCUT2D eigenvalue weighted by Crippen LogP contribution is -2.22. The minimum Gasteiger partial charge on any atom is -0.265 e. The molecular formula is C20H15Cl3N2O2S. The Hall–Kier alpha value is -1.92. The maximum atomic E-state index is 13.7. The molecule has 0 spiro atoms. The quantitative estimate of drug-likeness (QED) is 0.346. The molecule has 0 aliphatic rings. The third-order valence-electron chi connectivity index (χ3n) is 4.19. The highest BCUT2D eigenvalue weighted by atomic mass is 35.5. The minimum atomic E-state index is -3.92. The molecule has 0 saturated heterocycles. The van der Waals surface area contributed by atoms with E-state index >= 15 is 0 Å². The Morgan fingerprint density at radius 3 is 2.14 bits per heavy atom. The van der Waals surface area contributed by atoms with Crippen molar-refractivity contribution in [2.45, 2.75) is 10.5 Å². The molecule has 4 nitrogen and oxygen atoms in total. The number of hydrogen-bond acceptors (Lipinski definition) is 4. The number of halogens is 3. The van der Waals surface area contributed by atoms with Crippen LogP contribution in [0.2, 0.25) is 15.2 Å². The van der Waals surface area contributed by atoms with E-state index in [-0.39, 0.29) is 15.9 Å². The van der Waals surface area contributed by atoms with Crippen molar-refractivity contribution in [1.29, 1.82) is 0 Å². The van der Waals surface area contributed by atoms with Crippen LogP contribution in [0.4, 0.5) is 0 Å².